The van der Waals surface area contributed by atoms with Crippen LogP contribution in [-0.4, -0.2) is 4.21 Å². The third-order valence-corrected chi connectivity index (χ3v) is 9.61. The van der Waals surface area contributed by atoms with E-state index in [0.717, 1.165) is 6.42 Å². The van der Waals surface area contributed by atoms with Gasteiger partial charge in [-0.05, 0) is 58.4 Å². The SMILES string of the molecule is CC1=[C-]C(C)(C)c2cc3c(cc21)-c1cc2c(cc1C3)C(C)(C)C=C2C.CCCCC1[C-]=CC(C(C)(C)C)=C1.Cl.Cl.[CH2]=[Zr].[c-]1ccccc1. The minimum Gasteiger partial charge on any atom is -0.184 e. The number of hydrogen-bond acceptors (Lipinski definition) is 0. The van der Waals surface area contributed by atoms with Crippen LogP contribution in [0.3, 0.4) is 0 Å². The zero-order valence-electron chi connectivity index (χ0n) is 30.9. The van der Waals surface area contributed by atoms with Crippen molar-refractivity contribution < 1.29 is 24.2 Å². The molecule has 0 N–H and O–H groups in total. The molecule has 0 nitrogen and oxygen atoms in total. The van der Waals surface area contributed by atoms with Gasteiger partial charge in [-0.2, -0.15) is 53.6 Å². The maximum Gasteiger partial charge on any atom is -0.171 e. The molecule has 0 aliphatic heterocycles. The van der Waals surface area contributed by atoms with Gasteiger partial charge in [0.05, 0.1) is 0 Å². The Bertz CT molecular complexity index is 1570. The molecule has 3 aromatic rings. The number of hydrogen-bond donors (Lipinski definition) is 0. The van der Waals surface area contributed by atoms with Crippen LogP contribution in [0.25, 0.3) is 22.3 Å². The molecule has 0 spiro atoms. The zero-order valence-corrected chi connectivity index (χ0v) is 34.9. The van der Waals surface area contributed by atoms with Crippen LogP contribution in [0.5, 0.6) is 0 Å². The molecule has 1 unspecified atom stereocenters. The summed E-state index contributed by atoms with van der Waals surface area (Å²) in [6, 6.07) is 22.3. The van der Waals surface area contributed by atoms with Crippen LogP contribution in [0.2, 0.25) is 0 Å². The van der Waals surface area contributed by atoms with E-state index in [1.807, 2.05) is 30.3 Å². The summed E-state index contributed by atoms with van der Waals surface area (Å²) in [6.45, 7) is 22.7. The summed E-state index contributed by atoms with van der Waals surface area (Å²) >= 11 is 1.30. The van der Waals surface area contributed by atoms with Crippen molar-refractivity contribution in [3.8, 4) is 11.1 Å². The first-order valence-electron chi connectivity index (χ1n) is 17.0. The number of fused-ring (bicyclic) bond motifs is 5. The molecule has 0 amide bonds. The first-order chi connectivity index (χ1) is 21.7. The summed E-state index contributed by atoms with van der Waals surface area (Å²) in [5, 5.41) is 0. The van der Waals surface area contributed by atoms with Crippen molar-refractivity contribution >= 4 is 40.2 Å². The first kappa shape index (κ1) is 42.1. The van der Waals surface area contributed by atoms with Crippen LogP contribution in [0, 0.1) is 29.6 Å². The van der Waals surface area contributed by atoms with Gasteiger partial charge < -0.3 is 0 Å². The monoisotopic (exact) mass is 755 g/mol. The molecule has 0 saturated heterocycles. The van der Waals surface area contributed by atoms with Gasteiger partial charge in [-0.3, -0.25) is 12.2 Å². The van der Waals surface area contributed by atoms with E-state index < -0.39 is 0 Å². The number of unbranched alkanes of at least 4 members (excludes halogenated alkanes) is 1. The standard InChI is InChI=1S/C25H25.C13H21.C6H5.CH2.2ClH.Zr/c1-14-12-24(3,4)22-8-16-7-17-9-23-19(15(2)13-25(23,5)6)11-21(17)20(16)10-18(14)22;1-5-6-7-11-8-9-12(10-11)13(2,3)4;1-2-4-6-5-3-1;;;;/h8-12H,7H2,1-6H3;9-11H,5-7H2,1-4H3;1-5H;1H2;2*1H;/q3*-1;;;;. The molecule has 48 heavy (non-hydrogen) atoms. The Balaban J connectivity index is 0.000000293. The number of rotatable bonds is 3. The smallest absolute Gasteiger partial charge is 0.171 e. The van der Waals surface area contributed by atoms with E-state index in [9.17, 15) is 0 Å². The maximum atomic E-state index is 3.65. The van der Waals surface area contributed by atoms with Gasteiger partial charge in [-0.15, -0.1) is 36.4 Å². The molecule has 3 heteroatoms. The largest absolute Gasteiger partial charge is 0.184 e. The molecule has 0 bridgehead atoms. The molecule has 0 heterocycles. The Morgan fingerprint density at radius 2 is 1.42 bits per heavy atom. The van der Waals surface area contributed by atoms with Gasteiger partial charge in [-0.1, -0.05) is 117 Å². The number of allylic oxidation sites excluding steroid dienone is 8. The predicted octanol–water partition coefficient (Wildman–Crippen LogP) is 12.9. The Hall–Kier alpha value is -2.05. The maximum absolute atomic E-state index is 3.65. The van der Waals surface area contributed by atoms with E-state index in [0.29, 0.717) is 11.3 Å². The van der Waals surface area contributed by atoms with Crippen molar-refractivity contribution in [2.24, 2.45) is 11.3 Å². The summed E-state index contributed by atoms with van der Waals surface area (Å²) in [7, 11) is 0. The first-order valence-corrected chi connectivity index (χ1v) is 18.7. The second-order valence-electron chi connectivity index (χ2n) is 15.2. The van der Waals surface area contributed by atoms with Crippen LogP contribution in [0.4, 0.5) is 0 Å². The summed E-state index contributed by atoms with van der Waals surface area (Å²) in [4.78, 5) is 0. The van der Waals surface area contributed by atoms with Crippen LogP contribution < -0.4 is 0 Å². The van der Waals surface area contributed by atoms with Crippen molar-refractivity contribution in [1.82, 2.24) is 0 Å². The third kappa shape index (κ3) is 9.39. The molecule has 0 radical (unpaired) electrons. The normalized spacial score (nSPS) is 17.8. The minimum atomic E-state index is 0. The van der Waals surface area contributed by atoms with E-state index in [1.54, 1.807) is 0 Å². The quantitative estimate of drug-likeness (QED) is 0.183. The van der Waals surface area contributed by atoms with E-state index in [4.69, 9.17) is 0 Å². The number of halogens is 2. The molecular weight excluding hydrogens is 703 g/mol. The van der Waals surface area contributed by atoms with Gasteiger partial charge >= 0.3 is 28.4 Å². The molecular formula is C45H55Cl2Zr-3. The Morgan fingerprint density at radius 1 is 0.833 bits per heavy atom. The van der Waals surface area contributed by atoms with Gasteiger partial charge in [0, 0.05) is 5.41 Å². The van der Waals surface area contributed by atoms with Gasteiger partial charge in [-0.25, -0.2) is 11.6 Å². The molecule has 7 rings (SSSR count). The van der Waals surface area contributed by atoms with Crippen LogP contribution in [-0.2, 0) is 41.5 Å². The van der Waals surface area contributed by atoms with Gasteiger partial charge in [0.25, 0.3) is 0 Å². The van der Waals surface area contributed by atoms with Crippen molar-refractivity contribution in [1.29, 1.82) is 0 Å². The molecule has 0 fully saturated rings. The molecule has 4 aliphatic carbocycles. The Labute approximate surface area is 320 Å². The minimum absolute atomic E-state index is 0. The molecule has 3 aromatic carbocycles. The fourth-order valence-corrected chi connectivity index (χ4v) is 7.18. The van der Waals surface area contributed by atoms with Crippen LogP contribution >= 0.6 is 24.8 Å². The Kier molecular flexibility index (Phi) is 15.1. The molecule has 256 valence electrons. The number of benzene rings is 3. The molecule has 0 saturated carbocycles. The second kappa shape index (κ2) is 17.3. The van der Waals surface area contributed by atoms with E-state index in [1.165, 1.54) is 105 Å². The third-order valence-electron chi connectivity index (χ3n) is 9.61. The second-order valence-corrected chi connectivity index (χ2v) is 15.2. The van der Waals surface area contributed by atoms with Crippen LogP contribution in [0.15, 0.2) is 78.4 Å². The fraction of sp³-hybridized carbons (Fsp3) is 0.400. The molecule has 0 aromatic heterocycles. The van der Waals surface area contributed by atoms with Crippen molar-refractivity contribution in [3.63, 3.8) is 0 Å². The summed E-state index contributed by atoms with van der Waals surface area (Å²) in [5.41, 5.74) is 16.3. The predicted molar refractivity (Wildman–Crippen MR) is 212 cm³/mol. The van der Waals surface area contributed by atoms with Crippen molar-refractivity contribution in [2.75, 3.05) is 0 Å². The topological polar surface area (TPSA) is 0 Å². The van der Waals surface area contributed by atoms with Crippen molar-refractivity contribution in [3.05, 3.63) is 130 Å². The van der Waals surface area contributed by atoms with Gasteiger partial charge in [0.1, 0.15) is 0 Å². The zero-order chi connectivity index (χ0) is 33.9. The summed E-state index contributed by atoms with van der Waals surface area (Å²) < 4.78 is 3.34. The fourth-order valence-electron chi connectivity index (χ4n) is 7.18. The van der Waals surface area contributed by atoms with Gasteiger partial charge in [0.2, 0.25) is 0 Å². The average molecular weight is 758 g/mol. The van der Waals surface area contributed by atoms with Gasteiger partial charge in [0.15, 0.2) is 0 Å². The summed E-state index contributed by atoms with van der Waals surface area (Å²) in [6.07, 6.45) is 19.0. The molecule has 4 aliphatic rings. The average Bonchev–Trinajstić information content (AvgIpc) is 3.75. The van der Waals surface area contributed by atoms with Crippen LogP contribution in [0.1, 0.15) is 122 Å². The molecule has 1 atom stereocenters. The van der Waals surface area contributed by atoms with E-state index in [-0.39, 0.29) is 35.6 Å². The summed E-state index contributed by atoms with van der Waals surface area (Å²) in [5.74, 6) is 0.592. The Morgan fingerprint density at radius 3 is 1.92 bits per heavy atom. The van der Waals surface area contributed by atoms with E-state index >= 15 is 0 Å². The van der Waals surface area contributed by atoms with E-state index in [2.05, 4.69) is 134 Å². The van der Waals surface area contributed by atoms with Crippen molar-refractivity contribution in [2.45, 2.75) is 106 Å².